The van der Waals surface area contributed by atoms with Crippen molar-refractivity contribution in [2.45, 2.75) is 43.8 Å². The summed E-state index contributed by atoms with van der Waals surface area (Å²) < 4.78 is 90.3. The lowest BCUT2D eigenvalue weighted by atomic mass is 9.71. The summed E-state index contributed by atoms with van der Waals surface area (Å²) in [5.74, 6) is -0.436. The average Bonchev–Trinajstić information content (AvgIpc) is 2.71. The molecular weight excluding hydrogens is 472 g/mol. The summed E-state index contributed by atoms with van der Waals surface area (Å²) in [6.07, 6.45) is -4.31. The van der Waals surface area contributed by atoms with Crippen molar-refractivity contribution in [1.29, 1.82) is 0 Å². The van der Waals surface area contributed by atoms with Crippen molar-refractivity contribution in [2.75, 3.05) is 13.4 Å². The van der Waals surface area contributed by atoms with E-state index >= 15 is 0 Å². The summed E-state index contributed by atoms with van der Waals surface area (Å²) in [4.78, 5) is 4.19. The number of halogens is 4. The number of hydrogen-bond donors (Lipinski definition) is 1. The Kier molecular flexibility index (Phi) is 6.96. The van der Waals surface area contributed by atoms with Gasteiger partial charge in [-0.1, -0.05) is 32.0 Å². The minimum Gasteiger partial charge on any atom is -0.496 e. The number of nitrogens with one attached hydrogen (secondary N) is 1. The third kappa shape index (κ3) is 5.50. The molecule has 0 saturated carbocycles. The Morgan fingerprint density at radius 3 is 2.35 bits per heavy atom. The fraction of sp³-hybridized carbons (Fsp3) is 0.375. The van der Waals surface area contributed by atoms with E-state index in [2.05, 4.69) is 4.98 Å². The molecule has 1 aromatic heterocycles. The highest BCUT2D eigenvalue weighted by atomic mass is 32.2. The van der Waals surface area contributed by atoms with Crippen molar-refractivity contribution >= 4 is 20.9 Å². The predicted molar refractivity (Wildman–Crippen MR) is 123 cm³/mol. The number of alkyl halides is 3. The fourth-order valence-electron chi connectivity index (χ4n) is 4.44. The zero-order valence-corrected chi connectivity index (χ0v) is 20.0. The van der Waals surface area contributed by atoms with Gasteiger partial charge in [-0.25, -0.2) is 12.8 Å². The molecule has 1 atom stereocenters. The quantitative estimate of drug-likeness (QED) is 0.437. The van der Waals surface area contributed by atoms with E-state index in [9.17, 15) is 26.0 Å². The number of hydrogen-bond acceptors (Lipinski definition) is 4. The van der Waals surface area contributed by atoms with Crippen LogP contribution in [0.4, 0.5) is 17.6 Å². The Hall–Kier alpha value is -2.72. The normalized spacial score (nSPS) is 14.7. The van der Waals surface area contributed by atoms with Crippen LogP contribution in [0.5, 0.6) is 5.75 Å². The van der Waals surface area contributed by atoms with Crippen LogP contribution in [0.2, 0.25) is 0 Å². The first-order valence-electron chi connectivity index (χ1n) is 10.4. The summed E-state index contributed by atoms with van der Waals surface area (Å²) in [7, 11) is -2.97. The van der Waals surface area contributed by atoms with Crippen molar-refractivity contribution in [1.82, 2.24) is 9.71 Å². The highest BCUT2D eigenvalue weighted by molar-refractivity contribution is 7.88. The molecule has 2 aromatic carbocycles. The number of nitrogens with zero attached hydrogens (tertiary/aromatic N) is 1. The molecule has 0 amide bonds. The number of fused-ring (bicyclic) bond motifs is 1. The molecule has 0 fully saturated rings. The molecule has 34 heavy (non-hydrogen) atoms. The molecule has 0 aliphatic rings. The van der Waals surface area contributed by atoms with Crippen molar-refractivity contribution in [3.8, 4) is 5.75 Å². The average molecular weight is 499 g/mol. The van der Waals surface area contributed by atoms with Crippen LogP contribution < -0.4 is 9.46 Å². The molecule has 0 aliphatic heterocycles. The number of sulfonamides is 1. The van der Waals surface area contributed by atoms with Gasteiger partial charge < -0.3 is 4.74 Å². The highest BCUT2D eigenvalue weighted by Gasteiger charge is 2.58. The van der Waals surface area contributed by atoms with E-state index in [1.807, 2.05) is 4.72 Å². The molecule has 0 saturated heterocycles. The van der Waals surface area contributed by atoms with Crippen LogP contribution in [0, 0.1) is 5.82 Å². The molecule has 5 nitrogen and oxygen atoms in total. The molecule has 3 aromatic rings. The molecule has 0 aliphatic carbocycles. The second kappa shape index (κ2) is 9.14. The molecule has 184 valence electrons. The first kappa shape index (κ1) is 25.9. The minimum absolute atomic E-state index is 0.193. The standard InChI is InChI=1S/C24H26F4N2O3S/c1-22(2,19-13-17(25)9-10-21(19)33-3)15-23(24(26,27)28,30-34(4,31)32)14-16-11-12-29-20-8-6-5-7-18(16)20/h5-13,30H,14-15H2,1-4H3. The second-order valence-corrected chi connectivity index (χ2v) is 10.8. The third-order valence-electron chi connectivity index (χ3n) is 5.79. The third-order valence-corrected chi connectivity index (χ3v) is 6.55. The molecule has 1 heterocycles. The van der Waals surface area contributed by atoms with Gasteiger partial charge in [-0.05, 0) is 47.7 Å². The summed E-state index contributed by atoms with van der Waals surface area (Å²) in [6.45, 7) is 3.00. The van der Waals surface area contributed by atoms with E-state index < -0.39 is 45.8 Å². The van der Waals surface area contributed by atoms with Gasteiger partial charge in [0.1, 0.15) is 17.1 Å². The Labute approximate surface area is 196 Å². The van der Waals surface area contributed by atoms with Crippen LogP contribution in [-0.4, -0.2) is 38.5 Å². The Balaban J connectivity index is 2.22. The van der Waals surface area contributed by atoms with E-state index in [0.717, 1.165) is 12.1 Å². The Morgan fingerprint density at radius 2 is 1.74 bits per heavy atom. The van der Waals surface area contributed by atoms with E-state index in [-0.39, 0.29) is 16.9 Å². The van der Waals surface area contributed by atoms with Gasteiger partial charge >= 0.3 is 6.18 Å². The zero-order valence-electron chi connectivity index (χ0n) is 19.2. The van der Waals surface area contributed by atoms with Crippen LogP contribution in [0.1, 0.15) is 31.4 Å². The monoisotopic (exact) mass is 498 g/mol. The fourth-order valence-corrected chi connectivity index (χ4v) is 5.41. The number of rotatable bonds is 8. The van der Waals surface area contributed by atoms with Crippen molar-refractivity contribution < 1.29 is 30.7 Å². The topological polar surface area (TPSA) is 68.3 Å². The van der Waals surface area contributed by atoms with Crippen LogP contribution in [0.3, 0.4) is 0 Å². The Morgan fingerprint density at radius 1 is 1.06 bits per heavy atom. The number of benzene rings is 2. The van der Waals surface area contributed by atoms with E-state index in [4.69, 9.17) is 4.74 Å². The minimum atomic E-state index is -4.99. The van der Waals surface area contributed by atoms with Gasteiger partial charge in [0.15, 0.2) is 0 Å². The molecular formula is C24H26F4N2O3S. The van der Waals surface area contributed by atoms with Crippen molar-refractivity contribution in [3.05, 3.63) is 71.7 Å². The summed E-state index contributed by atoms with van der Waals surface area (Å²) in [5.41, 5.74) is -3.28. The first-order valence-corrected chi connectivity index (χ1v) is 12.3. The molecule has 0 spiro atoms. The van der Waals surface area contributed by atoms with E-state index in [0.29, 0.717) is 17.2 Å². The lowest BCUT2D eigenvalue weighted by Gasteiger charge is -2.42. The van der Waals surface area contributed by atoms with Gasteiger partial charge in [-0.2, -0.15) is 17.9 Å². The largest absolute Gasteiger partial charge is 0.496 e. The summed E-state index contributed by atoms with van der Waals surface area (Å²) >= 11 is 0. The van der Waals surface area contributed by atoms with Crippen LogP contribution in [0.15, 0.2) is 54.7 Å². The van der Waals surface area contributed by atoms with Gasteiger partial charge in [0.2, 0.25) is 10.0 Å². The highest BCUT2D eigenvalue weighted by Crippen LogP contribution is 2.46. The maximum Gasteiger partial charge on any atom is 0.407 e. The molecule has 1 unspecified atom stereocenters. The summed E-state index contributed by atoms with van der Waals surface area (Å²) in [6, 6.07) is 11.7. The Bertz CT molecular complexity index is 1290. The molecule has 1 N–H and O–H groups in total. The van der Waals surface area contributed by atoms with E-state index in [1.165, 1.54) is 39.3 Å². The second-order valence-electron chi connectivity index (χ2n) is 9.02. The van der Waals surface area contributed by atoms with Gasteiger partial charge in [0, 0.05) is 23.6 Å². The molecule has 10 heteroatoms. The molecule has 0 bridgehead atoms. The van der Waals surface area contributed by atoms with Gasteiger partial charge in [-0.3, -0.25) is 4.98 Å². The van der Waals surface area contributed by atoms with Crippen molar-refractivity contribution in [2.24, 2.45) is 0 Å². The van der Waals surface area contributed by atoms with Crippen molar-refractivity contribution in [3.63, 3.8) is 0 Å². The lowest BCUT2D eigenvalue weighted by Crippen LogP contribution is -2.62. The van der Waals surface area contributed by atoms with Gasteiger partial charge in [-0.15, -0.1) is 0 Å². The number of ether oxygens (including phenoxy) is 1. The number of para-hydroxylation sites is 1. The van der Waals surface area contributed by atoms with Crippen LogP contribution in [0.25, 0.3) is 10.9 Å². The predicted octanol–water partition coefficient (Wildman–Crippen LogP) is 5.14. The first-order chi connectivity index (χ1) is 15.7. The summed E-state index contributed by atoms with van der Waals surface area (Å²) in [5, 5.41) is 0.482. The smallest absolute Gasteiger partial charge is 0.407 e. The molecule has 3 rings (SSSR count). The zero-order chi connectivity index (χ0) is 25.4. The number of aromatic nitrogens is 1. The lowest BCUT2D eigenvalue weighted by molar-refractivity contribution is -0.196. The maximum absolute atomic E-state index is 14.9. The number of pyridine rings is 1. The van der Waals surface area contributed by atoms with Crippen LogP contribution >= 0.6 is 0 Å². The molecule has 0 radical (unpaired) electrons. The SMILES string of the molecule is COc1ccc(F)cc1C(C)(C)CC(Cc1ccnc2ccccc12)(NS(C)(=O)=O)C(F)(F)F. The maximum atomic E-state index is 14.9. The number of methoxy groups -OCH3 is 1. The van der Waals surface area contributed by atoms with E-state index in [1.54, 1.807) is 24.3 Å². The van der Waals surface area contributed by atoms with Gasteiger partial charge in [0.25, 0.3) is 0 Å². The van der Waals surface area contributed by atoms with Gasteiger partial charge in [0.05, 0.1) is 18.9 Å². The van der Waals surface area contributed by atoms with Crippen LogP contribution in [-0.2, 0) is 21.9 Å².